The van der Waals surface area contributed by atoms with Gasteiger partial charge in [-0.3, -0.25) is 4.90 Å². The summed E-state index contributed by atoms with van der Waals surface area (Å²) < 4.78 is 25.6. The lowest BCUT2D eigenvalue weighted by molar-refractivity contribution is 0.242. The van der Waals surface area contributed by atoms with Crippen molar-refractivity contribution in [3.63, 3.8) is 0 Å². The molecule has 2 N–H and O–H groups in total. The van der Waals surface area contributed by atoms with Crippen molar-refractivity contribution in [3.8, 4) is 0 Å². The van der Waals surface area contributed by atoms with Crippen LogP contribution in [0.3, 0.4) is 0 Å². The van der Waals surface area contributed by atoms with Crippen LogP contribution in [0.15, 0.2) is 34.2 Å². The molecule has 1 aliphatic carbocycles. The van der Waals surface area contributed by atoms with Gasteiger partial charge in [0.1, 0.15) is 0 Å². The van der Waals surface area contributed by atoms with Gasteiger partial charge in [0.15, 0.2) is 5.96 Å². The fourth-order valence-electron chi connectivity index (χ4n) is 4.17. The molecule has 0 bridgehead atoms. The maximum atomic E-state index is 12.2. The van der Waals surface area contributed by atoms with Crippen LogP contribution in [0.4, 0.5) is 0 Å². The molecule has 1 atom stereocenters. The van der Waals surface area contributed by atoms with Crippen LogP contribution < -0.4 is 10.6 Å². The second kappa shape index (κ2) is 9.91. The molecule has 8 heteroatoms. The van der Waals surface area contributed by atoms with E-state index in [1.165, 1.54) is 36.5 Å². The number of sulfonamides is 1. The van der Waals surface area contributed by atoms with Crippen molar-refractivity contribution >= 4 is 16.0 Å². The number of nitrogens with zero attached hydrogens (tertiary/aromatic N) is 3. The van der Waals surface area contributed by atoms with Crippen LogP contribution in [0.2, 0.25) is 0 Å². The van der Waals surface area contributed by atoms with Crippen LogP contribution in [0.5, 0.6) is 0 Å². The fourth-order valence-corrected chi connectivity index (χ4v) is 5.07. The molecule has 1 saturated heterocycles. The van der Waals surface area contributed by atoms with E-state index in [1.54, 1.807) is 26.2 Å². The third-order valence-corrected chi connectivity index (χ3v) is 7.70. The molecule has 2 fully saturated rings. The van der Waals surface area contributed by atoms with Crippen molar-refractivity contribution in [2.24, 2.45) is 4.99 Å². The highest BCUT2D eigenvalue weighted by Gasteiger charge is 2.30. The minimum Gasteiger partial charge on any atom is -0.357 e. The molecule has 0 aromatic heterocycles. The fraction of sp³-hybridized carbons (Fsp3) is 0.667. The first-order valence-electron chi connectivity index (χ1n) is 10.7. The summed E-state index contributed by atoms with van der Waals surface area (Å²) in [6, 6.07) is 8.18. The van der Waals surface area contributed by atoms with E-state index in [0.717, 1.165) is 37.1 Å². The van der Waals surface area contributed by atoms with Crippen molar-refractivity contribution in [1.82, 2.24) is 19.8 Å². The first-order valence-corrected chi connectivity index (χ1v) is 12.1. The number of guanidine groups is 1. The second-order valence-corrected chi connectivity index (χ2v) is 10.3. The lowest BCUT2D eigenvalue weighted by Gasteiger charge is -2.24. The summed E-state index contributed by atoms with van der Waals surface area (Å²) in [4.78, 5) is 7.65. The van der Waals surface area contributed by atoms with Gasteiger partial charge in [0.2, 0.25) is 10.0 Å². The zero-order chi connectivity index (χ0) is 20.9. The number of hydrogen-bond donors (Lipinski definition) is 2. The van der Waals surface area contributed by atoms with Crippen molar-refractivity contribution < 1.29 is 8.42 Å². The van der Waals surface area contributed by atoms with Crippen LogP contribution in [0.1, 0.15) is 44.6 Å². The van der Waals surface area contributed by atoms with Gasteiger partial charge in [0.05, 0.1) is 11.4 Å². The smallest absolute Gasteiger partial charge is 0.242 e. The maximum Gasteiger partial charge on any atom is 0.242 e. The van der Waals surface area contributed by atoms with Crippen LogP contribution in [-0.4, -0.2) is 69.4 Å². The molecular weight excluding hydrogens is 386 g/mol. The third-order valence-electron chi connectivity index (χ3n) is 5.87. The van der Waals surface area contributed by atoms with Crippen molar-refractivity contribution in [3.05, 3.63) is 29.8 Å². The average molecular weight is 422 g/mol. The molecule has 3 rings (SSSR count). The summed E-state index contributed by atoms with van der Waals surface area (Å²) in [5.74, 6) is 0.829. The highest BCUT2D eigenvalue weighted by Crippen LogP contribution is 2.26. The van der Waals surface area contributed by atoms with E-state index in [-0.39, 0.29) is 0 Å². The average Bonchev–Trinajstić information content (AvgIpc) is 3.38. The molecule has 1 aromatic carbocycles. The molecule has 2 aliphatic rings. The zero-order valence-corrected chi connectivity index (χ0v) is 18.7. The Bertz CT molecular complexity index is 786. The number of rotatable bonds is 7. The van der Waals surface area contributed by atoms with Gasteiger partial charge in [-0.1, -0.05) is 25.0 Å². The van der Waals surface area contributed by atoms with Crippen LogP contribution >= 0.6 is 0 Å². The predicted molar refractivity (Wildman–Crippen MR) is 118 cm³/mol. The number of aliphatic imine (C=N–C) groups is 1. The van der Waals surface area contributed by atoms with E-state index in [2.05, 4.69) is 22.5 Å². The largest absolute Gasteiger partial charge is 0.357 e. The Morgan fingerprint density at radius 3 is 2.48 bits per heavy atom. The Balaban J connectivity index is 1.58. The minimum atomic E-state index is -3.39. The number of nitrogens with one attached hydrogen (secondary N) is 2. The predicted octanol–water partition coefficient (Wildman–Crippen LogP) is 2.01. The van der Waals surface area contributed by atoms with Gasteiger partial charge in [-0.05, 0) is 43.9 Å². The quantitative estimate of drug-likeness (QED) is 0.520. The zero-order valence-electron chi connectivity index (χ0n) is 17.9. The molecule has 1 aromatic rings. The molecule has 1 heterocycles. The summed E-state index contributed by atoms with van der Waals surface area (Å²) in [7, 11) is -0.313. The Kier molecular flexibility index (Phi) is 7.54. The van der Waals surface area contributed by atoms with E-state index < -0.39 is 10.0 Å². The first kappa shape index (κ1) is 22.1. The van der Waals surface area contributed by atoms with Gasteiger partial charge < -0.3 is 10.6 Å². The molecule has 1 saturated carbocycles. The summed E-state index contributed by atoms with van der Waals surface area (Å²) in [6.07, 6.45) is 6.59. The number of hydrogen-bond acceptors (Lipinski definition) is 4. The first-order chi connectivity index (χ1) is 13.9. The highest BCUT2D eigenvalue weighted by molar-refractivity contribution is 7.89. The molecule has 1 aliphatic heterocycles. The van der Waals surface area contributed by atoms with E-state index >= 15 is 0 Å². The standard InChI is InChI=1S/C21H35N5O2S/c1-4-22-21(24-18-13-14-26(16-18)19-7-5-6-8-19)23-15-17-9-11-20(12-10-17)29(27,28)25(2)3/h9-12,18-19H,4-8,13-16H2,1-3H3,(H2,22,23,24). The van der Waals surface area contributed by atoms with Crippen LogP contribution in [-0.2, 0) is 16.6 Å². The molecule has 1 unspecified atom stereocenters. The summed E-state index contributed by atoms with van der Waals surface area (Å²) in [6.45, 7) is 5.65. The lowest BCUT2D eigenvalue weighted by Crippen LogP contribution is -2.45. The topological polar surface area (TPSA) is 77.0 Å². The summed E-state index contributed by atoms with van der Waals surface area (Å²) >= 11 is 0. The maximum absolute atomic E-state index is 12.2. The van der Waals surface area contributed by atoms with Gasteiger partial charge in [0, 0.05) is 45.8 Å². The Morgan fingerprint density at radius 2 is 1.86 bits per heavy atom. The van der Waals surface area contributed by atoms with Gasteiger partial charge in [0.25, 0.3) is 0 Å². The Labute approximate surface area is 175 Å². The minimum absolute atomic E-state index is 0.304. The molecule has 0 spiro atoms. The highest BCUT2D eigenvalue weighted by atomic mass is 32.2. The monoisotopic (exact) mass is 421 g/mol. The molecule has 162 valence electrons. The Morgan fingerprint density at radius 1 is 1.17 bits per heavy atom. The SMILES string of the molecule is CCNC(=NCc1ccc(S(=O)(=O)N(C)C)cc1)NC1CCN(C2CCCC2)C1. The lowest BCUT2D eigenvalue weighted by atomic mass is 10.2. The number of benzene rings is 1. The molecule has 7 nitrogen and oxygen atoms in total. The molecule has 29 heavy (non-hydrogen) atoms. The third kappa shape index (κ3) is 5.71. The van der Waals surface area contributed by atoms with Gasteiger partial charge in [-0.15, -0.1) is 0 Å². The second-order valence-electron chi connectivity index (χ2n) is 8.19. The number of likely N-dealkylation sites (tertiary alicyclic amines) is 1. The normalized spacial score (nSPS) is 21.8. The molecule has 0 amide bonds. The van der Waals surface area contributed by atoms with Gasteiger partial charge >= 0.3 is 0 Å². The van der Waals surface area contributed by atoms with Gasteiger partial charge in [-0.25, -0.2) is 17.7 Å². The summed E-state index contributed by atoms with van der Waals surface area (Å²) in [5, 5.41) is 6.92. The van der Waals surface area contributed by atoms with E-state index in [0.29, 0.717) is 17.5 Å². The Hall–Kier alpha value is -1.64. The summed E-state index contributed by atoms with van der Waals surface area (Å²) in [5.41, 5.74) is 0.985. The van der Waals surface area contributed by atoms with E-state index in [9.17, 15) is 8.42 Å². The van der Waals surface area contributed by atoms with Gasteiger partial charge in [-0.2, -0.15) is 0 Å². The van der Waals surface area contributed by atoms with Crippen LogP contribution in [0.25, 0.3) is 0 Å². The van der Waals surface area contributed by atoms with Crippen molar-refractivity contribution in [2.75, 3.05) is 33.7 Å². The van der Waals surface area contributed by atoms with E-state index in [4.69, 9.17) is 4.99 Å². The van der Waals surface area contributed by atoms with Crippen molar-refractivity contribution in [2.45, 2.75) is 62.6 Å². The molecule has 0 radical (unpaired) electrons. The van der Waals surface area contributed by atoms with E-state index in [1.807, 2.05) is 12.1 Å². The van der Waals surface area contributed by atoms with Crippen molar-refractivity contribution in [1.29, 1.82) is 0 Å². The molecular formula is C21H35N5O2S. The van der Waals surface area contributed by atoms with Crippen LogP contribution in [0, 0.1) is 0 Å².